The van der Waals surface area contributed by atoms with Gasteiger partial charge in [0.2, 0.25) is 0 Å². The number of likely N-dealkylation sites (N-methyl/N-ethyl adjacent to an activating group) is 1. The molecule has 1 unspecified atom stereocenters. The third kappa shape index (κ3) is 3.92. The molecular weight excluding hydrogens is 487 g/mol. The van der Waals surface area contributed by atoms with Gasteiger partial charge < -0.3 is 24.1 Å². The number of rotatable bonds is 5. The van der Waals surface area contributed by atoms with Crippen LogP contribution in [0.25, 0.3) is 33.0 Å². The summed E-state index contributed by atoms with van der Waals surface area (Å²) in [4.78, 5) is 27.0. The number of anilines is 1. The molecule has 2 aromatic carbocycles. The topological polar surface area (TPSA) is 91.9 Å². The highest BCUT2D eigenvalue weighted by atomic mass is 19.1. The van der Waals surface area contributed by atoms with Crippen molar-refractivity contribution in [3.05, 3.63) is 51.6 Å². The van der Waals surface area contributed by atoms with E-state index in [1.807, 2.05) is 4.90 Å². The molecule has 2 aliphatic heterocycles. The van der Waals surface area contributed by atoms with Crippen LogP contribution in [0.5, 0.6) is 11.8 Å². The zero-order chi connectivity index (χ0) is 26.6. The normalized spacial score (nSPS) is 17.6. The molecule has 6 rings (SSSR count). The number of fused-ring (bicyclic) bond motifs is 2. The van der Waals surface area contributed by atoms with Crippen LogP contribution in [0.3, 0.4) is 0 Å². The predicted molar refractivity (Wildman–Crippen MR) is 143 cm³/mol. The maximum atomic E-state index is 14.7. The molecule has 0 saturated carbocycles. The Morgan fingerprint density at radius 3 is 2.71 bits per heavy atom. The zero-order valence-electron chi connectivity index (χ0n) is 21.3. The summed E-state index contributed by atoms with van der Waals surface area (Å²) in [5.41, 5.74) is 0.625. The van der Waals surface area contributed by atoms with Crippen molar-refractivity contribution in [2.24, 2.45) is 0 Å². The van der Waals surface area contributed by atoms with Crippen molar-refractivity contribution < 1.29 is 18.7 Å². The van der Waals surface area contributed by atoms with E-state index < -0.39 is 11.4 Å². The standard InChI is InChI=1S/C29H27FN4O4/c1-4-20-22(30)9-8-17-13-19(35)14-21(23(17)20)26-16(2)25-24(28(36)38-26)27(34-11-6-12-34)32-29(31-25)37-15-18-7-5-10-33(18)3/h1,8-9,13-14,18,35H,5-7,10-12,15H2,2-3H3. The molecule has 2 aliphatic rings. The minimum absolute atomic E-state index is 0.0216. The molecule has 2 aromatic heterocycles. The first-order valence-electron chi connectivity index (χ1n) is 12.7. The van der Waals surface area contributed by atoms with E-state index in [4.69, 9.17) is 15.6 Å². The Bertz CT molecular complexity index is 1690. The van der Waals surface area contributed by atoms with Crippen LogP contribution in [0.2, 0.25) is 0 Å². The molecule has 4 heterocycles. The van der Waals surface area contributed by atoms with E-state index in [-0.39, 0.29) is 34.5 Å². The quantitative estimate of drug-likeness (QED) is 0.396. The lowest BCUT2D eigenvalue weighted by atomic mass is 9.95. The molecule has 0 amide bonds. The number of phenols is 1. The second kappa shape index (κ2) is 9.30. The van der Waals surface area contributed by atoms with Gasteiger partial charge in [0.25, 0.3) is 0 Å². The first kappa shape index (κ1) is 24.2. The van der Waals surface area contributed by atoms with Crippen LogP contribution in [0.4, 0.5) is 10.2 Å². The zero-order valence-corrected chi connectivity index (χ0v) is 21.3. The Morgan fingerprint density at radius 2 is 2.03 bits per heavy atom. The third-order valence-electron chi connectivity index (χ3n) is 7.64. The fraction of sp³-hybridized carbons (Fsp3) is 0.345. The summed E-state index contributed by atoms with van der Waals surface area (Å²) in [6.07, 6.45) is 8.80. The van der Waals surface area contributed by atoms with E-state index in [1.54, 1.807) is 6.92 Å². The van der Waals surface area contributed by atoms with Crippen molar-refractivity contribution >= 4 is 27.5 Å². The Hall–Kier alpha value is -4.16. The van der Waals surface area contributed by atoms with Crippen molar-refractivity contribution in [2.45, 2.75) is 32.2 Å². The third-order valence-corrected chi connectivity index (χ3v) is 7.64. The fourth-order valence-electron chi connectivity index (χ4n) is 5.40. The van der Waals surface area contributed by atoms with Gasteiger partial charge in [0, 0.05) is 35.6 Å². The molecule has 0 bridgehead atoms. The van der Waals surface area contributed by atoms with Crippen LogP contribution >= 0.6 is 0 Å². The summed E-state index contributed by atoms with van der Waals surface area (Å²) in [7, 11) is 2.07. The SMILES string of the molecule is C#Cc1c(F)ccc2cc(O)cc(-c3oc(=O)c4c(N5CCC5)nc(OCC5CCCN5C)nc4c3C)c12. The number of halogens is 1. The van der Waals surface area contributed by atoms with Gasteiger partial charge in [-0.25, -0.2) is 9.18 Å². The number of hydrogen-bond acceptors (Lipinski definition) is 8. The number of benzene rings is 2. The molecule has 1 N–H and O–H groups in total. The number of aromatic nitrogens is 2. The van der Waals surface area contributed by atoms with Gasteiger partial charge in [-0.1, -0.05) is 12.0 Å². The summed E-state index contributed by atoms with van der Waals surface area (Å²) < 4.78 is 26.6. The highest BCUT2D eigenvalue weighted by Crippen LogP contribution is 2.39. The van der Waals surface area contributed by atoms with Crippen LogP contribution in [0, 0.1) is 25.1 Å². The highest BCUT2D eigenvalue weighted by molar-refractivity contribution is 6.03. The molecular formula is C29H27FN4O4. The number of phenolic OH excluding ortho intramolecular Hbond substituents is 1. The molecule has 0 radical (unpaired) electrons. The van der Waals surface area contributed by atoms with Crippen LogP contribution in [-0.4, -0.2) is 59.3 Å². The Morgan fingerprint density at radius 1 is 1.21 bits per heavy atom. The maximum Gasteiger partial charge on any atom is 0.349 e. The van der Waals surface area contributed by atoms with E-state index in [2.05, 4.69) is 27.8 Å². The number of nitrogens with zero attached hydrogens (tertiary/aromatic N) is 4. The van der Waals surface area contributed by atoms with Gasteiger partial charge in [-0.3, -0.25) is 0 Å². The molecule has 0 spiro atoms. The summed E-state index contributed by atoms with van der Waals surface area (Å²) in [5.74, 6) is 2.38. The van der Waals surface area contributed by atoms with Gasteiger partial charge in [0.1, 0.15) is 29.3 Å². The molecule has 4 aromatic rings. The summed E-state index contributed by atoms with van der Waals surface area (Å²) in [5, 5.41) is 11.6. The van der Waals surface area contributed by atoms with E-state index >= 15 is 0 Å². The Labute approximate surface area is 218 Å². The Balaban J connectivity index is 1.57. The lowest BCUT2D eigenvalue weighted by Crippen LogP contribution is -2.38. The van der Waals surface area contributed by atoms with Gasteiger partial charge >= 0.3 is 11.6 Å². The monoisotopic (exact) mass is 514 g/mol. The average Bonchev–Trinajstić information content (AvgIpc) is 3.28. The largest absolute Gasteiger partial charge is 0.508 e. The van der Waals surface area contributed by atoms with Crippen LogP contribution in [0.1, 0.15) is 30.4 Å². The summed E-state index contributed by atoms with van der Waals surface area (Å²) >= 11 is 0. The highest BCUT2D eigenvalue weighted by Gasteiger charge is 2.28. The number of likely N-dealkylation sites (tertiary alicyclic amines) is 1. The van der Waals surface area contributed by atoms with Crippen LogP contribution < -0.4 is 15.3 Å². The summed E-state index contributed by atoms with van der Waals surface area (Å²) in [6.45, 7) is 4.76. The first-order chi connectivity index (χ1) is 18.4. The van der Waals surface area contributed by atoms with Crippen molar-refractivity contribution in [1.29, 1.82) is 0 Å². The van der Waals surface area contributed by atoms with E-state index in [0.717, 1.165) is 38.9 Å². The van der Waals surface area contributed by atoms with Crippen LogP contribution in [0.15, 0.2) is 33.5 Å². The molecule has 194 valence electrons. The molecule has 2 saturated heterocycles. The van der Waals surface area contributed by atoms with E-state index in [1.165, 1.54) is 24.3 Å². The van der Waals surface area contributed by atoms with Crippen LogP contribution in [-0.2, 0) is 0 Å². The molecule has 38 heavy (non-hydrogen) atoms. The molecule has 0 aliphatic carbocycles. The van der Waals surface area contributed by atoms with E-state index in [0.29, 0.717) is 39.8 Å². The molecule has 9 heteroatoms. The van der Waals surface area contributed by atoms with Gasteiger partial charge in [-0.15, -0.1) is 6.42 Å². The number of terminal acetylenes is 1. The molecule has 8 nitrogen and oxygen atoms in total. The van der Waals surface area contributed by atoms with Gasteiger partial charge in [-0.2, -0.15) is 9.97 Å². The minimum Gasteiger partial charge on any atom is -0.508 e. The maximum absolute atomic E-state index is 14.7. The summed E-state index contributed by atoms with van der Waals surface area (Å²) in [6, 6.07) is 6.15. The number of hydrogen-bond donors (Lipinski definition) is 1. The second-order valence-corrected chi connectivity index (χ2v) is 9.98. The van der Waals surface area contributed by atoms with E-state index in [9.17, 15) is 14.3 Å². The minimum atomic E-state index is -0.625. The predicted octanol–water partition coefficient (Wildman–Crippen LogP) is 4.22. The second-order valence-electron chi connectivity index (χ2n) is 9.98. The van der Waals surface area contributed by atoms with Crippen molar-refractivity contribution in [3.63, 3.8) is 0 Å². The number of ether oxygens (including phenoxy) is 1. The lowest BCUT2D eigenvalue weighted by molar-refractivity contribution is 0.188. The molecule has 1 atom stereocenters. The van der Waals surface area contributed by atoms with Gasteiger partial charge in [0.15, 0.2) is 5.82 Å². The van der Waals surface area contributed by atoms with Gasteiger partial charge in [0.05, 0.1) is 11.1 Å². The van der Waals surface area contributed by atoms with Crippen molar-refractivity contribution in [2.75, 3.05) is 38.2 Å². The van der Waals surface area contributed by atoms with Crippen molar-refractivity contribution in [1.82, 2.24) is 14.9 Å². The number of aryl methyl sites for hydroxylation is 1. The fourth-order valence-corrected chi connectivity index (χ4v) is 5.40. The molecule has 2 fully saturated rings. The Kier molecular flexibility index (Phi) is 5.92. The number of aromatic hydroxyl groups is 1. The van der Waals surface area contributed by atoms with Gasteiger partial charge in [-0.05, 0) is 63.4 Å². The average molecular weight is 515 g/mol. The first-order valence-corrected chi connectivity index (χ1v) is 12.7. The smallest absolute Gasteiger partial charge is 0.349 e. The van der Waals surface area contributed by atoms with Crippen molar-refractivity contribution in [3.8, 4) is 35.4 Å². The lowest BCUT2D eigenvalue weighted by Gasteiger charge is -2.32.